The predicted molar refractivity (Wildman–Crippen MR) is 50.1 cm³/mol. The van der Waals surface area contributed by atoms with Crippen LogP contribution in [0.5, 0.6) is 11.5 Å². The third-order valence-corrected chi connectivity index (χ3v) is 1.92. The lowest BCUT2D eigenvalue weighted by Crippen LogP contribution is -2.07. The Balaban J connectivity index is 3.12. The highest BCUT2D eigenvalue weighted by atomic mass is 35.5. The second-order valence-corrected chi connectivity index (χ2v) is 3.10. The van der Waals surface area contributed by atoms with E-state index < -0.39 is 24.7 Å². The molecule has 0 heterocycles. The van der Waals surface area contributed by atoms with Crippen LogP contribution in [0.2, 0.25) is 5.02 Å². The molecule has 0 N–H and O–H groups in total. The summed E-state index contributed by atoms with van der Waals surface area (Å²) < 4.78 is 55.7. The van der Waals surface area contributed by atoms with Crippen LogP contribution in [-0.2, 0) is 0 Å². The second-order valence-electron chi connectivity index (χ2n) is 2.70. The van der Waals surface area contributed by atoms with E-state index in [1.807, 2.05) is 0 Å². The number of aldehydes is 1. The lowest BCUT2D eigenvalue weighted by Gasteiger charge is -2.11. The molecule has 1 aromatic rings. The summed E-state index contributed by atoms with van der Waals surface area (Å²) >= 11 is 5.50. The zero-order valence-electron chi connectivity index (χ0n) is 8.00. The molecule has 0 atom stereocenters. The average Bonchev–Trinajstić information content (AvgIpc) is 2.21. The first-order valence-corrected chi connectivity index (χ1v) is 4.50. The van der Waals surface area contributed by atoms with Crippen LogP contribution < -0.4 is 9.47 Å². The molecule has 1 aromatic carbocycles. The largest absolute Gasteiger partial charge is 0.434 e. The Morgan fingerprint density at radius 2 is 1.59 bits per heavy atom. The zero-order valence-corrected chi connectivity index (χ0v) is 8.76. The van der Waals surface area contributed by atoms with Crippen LogP contribution in [0.15, 0.2) is 12.1 Å². The molecule has 94 valence electrons. The van der Waals surface area contributed by atoms with E-state index in [0.717, 1.165) is 6.07 Å². The van der Waals surface area contributed by atoms with Gasteiger partial charge in [-0.3, -0.25) is 4.79 Å². The van der Waals surface area contributed by atoms with E-state index in [-0.39, 0.29) is 16.9 Å². The molecule has 8 heteroatoms. The van der Waals surface area contributed by atoms with Gasteiger partial charge in [0, 0.05) is 6.07 Å². The van der Waals surface area contributed by atoms with Crippen molar-refractivity contribution in [3.05, 3.63) is 22.7 Å². The van der Waals surface area contributed by atoms with Crippen LogP contribution >= 0.6 is 11.6 Å². The molecule has 0 aliphatic carbocycles. The molecule has 0 aromatic heterocycles. The Kier molecular flexibility index (Phi) is 4.56. The first-order valence-electron chi connectivity index (χ1n) is 4.12. The average molecular weight is 273 g/mol. The summed E-state index contributed by atoms with van der Waals surface area (Å²) in [7, 11) is 0. The Morgan fingerprint density at radius 3 is 2.06 bits per heavy atom. The topological polar surface area (TPSA) is 35.5 Å². The molecule has 0 bridgehead atoms. The van der Waals surface area contributed by atoms with Gasteiger partial charge in [-0.15, -0.1) is 0 Å². The highest BCUT2D eigenvalue weighted by Gasteiger charge is 2.16. The third kappa shape index (κ3) is 3.77. The van der Waals surface area contributed by atoms with E-state index in [4.69, 9.17) is 11.6 Å². The van der Waals surface area contributed by atoms with Gasteiger partial charge < -0.3 is 9.47 Å². The van der Waals surface area contributed by atoms with Crippen molar-refractivity contribution >= 4 is 17.9 Å². The van der Waals surface area contributed by atoms with Gasteiger partial charge in [0.1, 0.15) is 11.5 Å². The fraction of sp³-hybridized carbons (Fsp3) is 0.222. The molecule has 0 fully saturated rings. The molecular formula is C9H5ClF4O3. The number of carbonyl (C=O) groups excluding carboxylic acids is 1. The molecule has 1 rings (SSSR count). The summed E-state index contributed by atoms with van der Waals surface area (Å²) in [5.74, 6) is -1.14. The maximum Gasteiger partial charge on any atom is 0.387 e. The standard InChI is InChI=1S/C9H5ClF4O3/c10-5-1-4(3-15)6(16-8(11)12)2-7(5)17-9(13)14/h1-3,8-9H. The number of ether oxygens (including phenoxy) is 2. The van der Waals surface area contributed by atoms with Crippen molar-refractivity contribution < 1.29 is 31.8 Å². The summed E-state index contributed by atoms with van der Waals surface area (Å²) in [4.78, 5) is 10.5. The van der Waals surface area contributed by atoms with Crippen molar-refractivity contribution in [2.24, 2.45) is 0 Å². The number of halogens is 5. The summed E-state index contributed by atoms with van der Waals surface area (Å²) in [6, 6.07) is 1.59. The fourth-order valence-corrected chi connectivity index (χ4v) is 1.24. The summed E-state index contributed by atoms with van der Waals surface area (Å²) in [5.41, 5.74) is -0.295. The van der Waals surface area contributed by atoms with Crippen molar-refractivity contribution in [2.75, 3.05) is 0 Å². The van der Waals surface area contributed by atoms with Gasteiger partial charge in [0.15, 0.2) is 6.29 Å². The van der Waals surface area contributed by atoms with Crippen molar-refractivity contribution in [3.8, 4) is 11.5 Å². The summed E-state index contributed by atoms with van der Waals surface area (Å²) in [5, 5.41) is -0.311. The second kappa shape index (κ2) is 5.72. The molecule has 0 saturated heterocycles. The van der Waals surface area contributed by atoms with Gasteiger partial charge in [0.25, 0.3) is 0 Å². The predicted octanol–water partition coefficient (Wildman–Crippen LogP) is 3.36. The number of rotatable bonds is 5. The van der Waals surface area contributed by atoms with Gasteiger partial charge in [-0.25, -0.2) is 0 Å². The van der Waals surface area contributed by atoms with E-state index in [1.165, 1.54) is 0 Å². The third-order valence-electron chi connectivity index (χ3n) is 1.62. The maximum atomic E-state index is 12.0. The molecule has 17 heavy (non-hydrogen) atoms. The molecule has 0 radical (unpaired) electrons. The van der Waals surface area contributed by atoms with E-state index in [0.29, 0.717) is 6.07 Å². The van der Waals surface area contributed by atoms with Crippen LogP contribution in [0, 0.1) is 0 Å². The zero-order chi connectivity index (χ0) is 13.0. The number of benzene rings is 1. The minimum atomic E-state index is -3.20. The number of alkyl halides is 4. The molecule has 0 aliphatic rings. The van der Waals surface area contributed by atoms with E-state index in [1.54, 1.807) is 0 Å². The van der Waals surface area contributed by atoms with Gasteiger partial charge in [-0.1, -0.05) is 11.6 Å². The molecule has 0 amide bonds. The van der Waals surface area contributed by atoms with Crippen molar-refractivity contribution in [2.45, 2.75) is 13.2 Å². The quantitative estimate of drug-likeness (QED) is 0.609. The Bertz CT molecular complexity index is 411. The molecule has 0 unspecified atom stereocenters. The fourth-order valence-electron chi connectivity index (χ4n) is 1.03. The van der Waals surface area contributed by atoms with Crippen molar-refractivity contribution in [3.63, 3.8) is 0 Å². The first-order chi connectivity index (χ1) is 7.93. The normalized spacial score (nSPS) is 10.8. The first kappa shape index (κ1) is 13.6. The minimum absolute atomic E-state index is 0.204. The van der Waals surface area contributed by atoms with Crippen LogP contribution in [-0.4, -0.2) is 19.5 Å². The van der Waals surface area contributed by atoms with Gasteiger partial charge in [0.05, 0.1) is 10.6 Å². The Morgan fingerprint density at radius 1 is 1.06 bits per heavy atom. The van der Waals surface area contributed by atoms with Gasteiger partial charge in [0.2, 0.25) is 0 Å². The molecule has 0 saturated carbocycles. The number of hydrogen-bond acceptors (Lipinski definition) is 3. The molecular weight excluding hydrogens is 268 g/mol. The monoisotopic (exact) mass is 272 g/mol. The molecule has 0 aliphatic heterocycles. The Hall–Kier alpha value is -1.50. The maximum absolute atomic E-state index is 12.0. The summed E-state index contributed by atoms with van der Waals surface area (Å²) in [6.07, 6.45) is 0.204. The Labute approximate surface area is 97.9 Å². The van der Waals surface area contributed by atoms with Crippen LogP contribution in [0.3, 0.4) is 0 Å². The van der Waals surface area contributed by atoms with Crippen LogP contribution in [0.4, 0.5) is 17.6 Å². The molecule has 0 spiro atoms. The van der Waals surface area contributed by atoms with Gasteiger partial charge >= 0.3 is 13.2 Å². The number of carbonyl (C=O) groups is 1. The summed E-state index contributed by atoms with van der Waals surface area (Å²) in [6.45, 7) is -6.37. The SMILES string of the molecule is O=Cc1cc(Cl)c(OC(F)F)cc1OC(F)F. The van der Waals surface area contributed by atoms with Crippen molar-refractivity contribution in [1.82, 2.24) is 0 Å². The van der Waals surface area contributed by atoms with E-state index in [9.17, 15) is 22.4 Å². The lowest BCUT2D eigenvalue weighted by atomic mass is 10.2. The van der Waals surface area contributed by atoms with Gasteiger partial charge in [-0.2, -0.15) is 17.6 Å². The van der Waals surface area contributed by atoms with Crippen LogP contribution in [0.1, 0.15) is 10.4 Å². The van der Waals surface area contributed by atoms with Gasteiger partial charge in [-0.05, 0) is 6.07 Å². The minimum Gasteiger partial charge on any atom is -0.434 e. The van der Waals surface area contributed by atoms with Crippen LogP contribution in [0.25, 0.3) is 0 Å². The smallest absolute Gasteiger partial charge is 0.387 e. The number of hydrogen-bond donors (Lipinski definition) is 0. The highest BCUT2D eigenvalue weighted by Crippen LogP contribution is 2.33. The highest BCUT2D eigenvalue weighted by molar-refractivity contribution is 6.32. The molecule has 3 nitrogen and oxygen atoms in total. The van der Waals surface area contributed by atoms with E-state index >= 15 is 0 Å². The van der Waals surface area contributed by atoms with E-state index in [2.05, 4.69) is 9.47 Å². The van der Waals surface area contributed by atoms with Crippen molar-refractivity contribution in [1.29, 1.82) is 0 Å². The lowest BCUT2D eigenvalue weighted by molar-refractivity contribution is -0.0543.